The summed E-state index contributed by atoms with van der Waals surface area (Å²) in [5.41, 5.74) is 1.22. The molecule has 0 N–H and O–H groups in total. The van der Waals surface area contributed by atoms with E-state index in [9.17, 15) is 9.59 Å². The molecule has 0 spiro atoms. The van der Waals surface area contributed by atoms with E-state index in [1.165, 1.54) is 14.2 Å². The minimum atomic E-state index is -0.843. The number of methoxy groups -OCH3 is 2. The van der Waals surface area contributed by atoms with E-state index in [0.717, 1.165) is 6.29 Å². The van der Waals surface area contributed by atoms with Gasteiger partial charge in [-0.3, -0.25) is 4.79 Å². The molecule has 7 nitrogen and oxygen atoms in total. The maximum Gasteiger partial charge on any atom is 0.314 e. The van der Waals surface area contributed by atoms with Crippen LogP contribution in [0.15, 0.2) is 36.4 Å². The highest BCUT2D eigenvalue weighted by Gasteiger charge is 2.34. The summed E-state index contributed by atoms with van der Waals surface area (Å²) >= 11 is 0. The molecule has 0 saturated heterocycles. The fourth-order valence-corrected chi connectivity index (χ4v) is 3.24. The molecule has 28 heavy (non-hydrogen) atoms. The third-order valence-corrected chi connectivity index (χ3v) is 4.59. The zero-order valence-electron chi connectivity index (χ0n) is 16.0. The van der Waals surface area contributed by atoms with Crippen LogP contribution in [0.4, 0.5) is 0 Å². The second-order valence-corrected chi connectivity index (χ2v) is 6.12. The van der Waals surface area contributed by atoms with Gasteiger partial charge in [-0.1, -0.05) is 12.1 Å². The van der Waals surface area contributed by atoms with Gasteiger partial charge in [0.05, 0.1) is 32.7 Å². The summed E-state index contributed by atoms with van der Waals surface area (Å²) in [5.74, 6) is 0.0215. The molecule has 7 heteroatoms. The average Bonchev–Trinajstić information content (AvgIpc) is 3.19. The second-order valence-electron chi connectivity index (χ2n) is 6.12. The first-order valence-electron chi connectivity index (χ1n) is 8.86. The number of ether oxygens (including phenoxy) is 5. The summed E-state index contributed by atoms with van der Waals surface area (Å²) in [6.07, 6.45) is 0.743. The Morgan fingerprint density at radius 2 is 1.75 bits per heavy atom. The van der Waals surface area contributed by atoms with E-state index in [1.54, 1.807) is 43.3 Å². The molecule has 3 rings (SSSR count). The Morgan fingerprint density at radius 1 is 1.04 bits per heavy atom. The number of benzene rings is 2. The van der Waals surface area contributed by atoms with E-state index < -0.39 is 17.8 Å². The number of hydrogen-bond donors (Lipinski definition) is 0. The van der Waals surface area contributed by atoms with E-state index in [-0.39, 0.29) is 13.4 Å². The molecule has 0 saturated carbocycles. The Labute approximate surface area is 163 Å². The Kier molecular flexibility index (Phi) is 6.03. The molecule has 0 amide bonds. The van der Waals surface area contributed by atoms with Crippen molar-refractivity contribution in [2.24, 2.45) is 0 Å². The zero-order chi connectivity index (χ0) is 20.1. The first kappa shape index (κ1) is 19.5. The van der Waals surface area contributed by atoms with Crippen LogP contribution in [-0.4, -0.2) is 39.9 Å². The Hall–Kier alpha value is -3.22. The smallest absolute Gasteiger partial charge is 0.314 e. The number of fused-ring (bicyclic) bond motifs is 1. The fraction of sp³-hybridized carbons (Fsp3) is 0.333. The zero-order valence-corrected chi connectivity index (χ0v) is 16.0. The van der Waals surface area contributed by atoms with Crippen LogP contribution in [0.1, 0.15) is 29.9 Å². The fourth-order valence-electron chi connectivity index (χ4n) is 3.24. The lowest BCUT2D eigenvalue weighted by Gasteiger charge is -2.23. The van der Waals surface area contributed by atoms with E-state index in [0.29, 0.717) is 34.1 Å². The average molecular weight is 386 g/mol. The molecule has 1 aliphatic heterocycles. The van der Waals surface area contributed by atoms with E-state index in [2.05, 4.69) is 0 Å². The normalized spacial score (nSPS) is 14.1. The largest absolute Gasteiger partial charge is 0.493 e. The van der Waals surface area contributed by atoms with Crippen LogP contribution < -0.4 is 18.9 Å². The topological polar surface area (TPSA) is 80.3 Å². The monoisotopic (exact) mass is 386 g/mol. The van der Waals surface area contributed by atoms with Crippen molar-refractivity contribution in [1.29, 1.82) is 0 Å². The maximum absolute atomic E-state index is 12.8. The van der Waals surface area contributed by atoms with Gasteiger partial charge in [0.1, 0.15) is 6.29 Å². The van der Waals surface area contributed by atoms with E-state index in [4.69, 9.17) is 23.7 Å². The SMILES string of the molecule is CCOC(=O)C(c1ccc2c(c1)OCO2)C(C=O)c1ccc(OC)c(OC)c1. The summed E-state index contributed by atoms with van der Waals surface area (Å²) in [7, 11) is 3.04. The highest BCUT2D eigenvalue weighted by atomic mass is 16.7. The van der Waals surface area contributed by atoms with Gasteiger partial charge >= 0.3 is 5.97 Å². The predicted octanol–water partition coefficient (Wildman–Crippen LogP) is 3.06. The minimum Gasteiger partial charge on any atom is -0.493 e. The Balaban J connectivity index is 2.05. The Bertz CT molecular complexity index is 862. The van der Waals surface area contributed by atoms with E-state index >= 15 is 0 Å². The quantitative estimate of drug-likeness (QED) is 0.509. The number of rotatable bonds is 8. The van der Waals surface area contributed by atoms with Crippen LogP contribution in [-0.2, 0) is 14.3 Å². The molecule has 1 aliphatic rings. The van der Waals surface area contributed by atoms with Gasteiger partial charge in [0.25, 0.3) is 0 Å². The van der Waals surface area contributed by atoms with Gasteiger partial charge in [0, 0.05) is 0 Å². The van der Waals surface area contributed by atoms with Crippen molar-refractivity contribution in [3.05, 3.63) is 47.5 Å². The van der Waals surface area contributed by atoms with Crippen molar-refractivity contribution in [3.8, 4) is 23.0 Å². The molecule has 0 aromatic heterocycles. The molecule has 0 radical (unpaired) electrons. The predicted molar refractivity (Wildman–Crippen MR) is 100 cm³/mol. The lowest BCUT2D eigenvalue weighted by Crippen LogP contribution is -2.24. The first-order valence-corrected chi connectivity index (χ1v) is 8.86. The third-order valence-electron chi connectivity index (χ3n) is 4.59. The van der Waals surface area contributed by atoms with E-state index in [1.807, 2.05) is 0 Å². The number of hydrogen-bond acceptors (Lipinski definition) is 7. The van der Waals surface area contributed by atoms with Gasteiger partial charge in [-0.25, -0.2) is 0 Å². The van der Waals surface area contributed by atoms with Crippen molar-refractivity contribution in [1.82, 2.24) is 0 Å². The summed E-state index contributed by atoms with van der Waals surface area (Å²) in [5, 5.41) is 0. The highest BCUT2D eigenvalue weighted by molar-refractivity contribution is 5.85. The Morgan fingerprint density at radius 3 is 2.43 bits per heavy atom. The van der Waals surface area contributed by atoms with Crippen molar-refractivity contribution in [2.75, 3.05) is 27.6 Å². The van der Waals surface area contributed by atoms with Crippen LogP contribution in [0.2, 0.25) is 0 Å². The van der Waals surface area contributed by atoms with Gasteiger partial charge in [-0.05, 0) is 42.3 Å². The lowest BCUT2D eigenvalue weighted by molar-refractivity contribution is -0.146. The number of carbonyl (C=O) groups excluding carboxylic acids is 2. The lowest BCUT2D eigenvalue weighted by atomic mass is 9.82. The number of esters is 1. The van der Waals surface area contributed by atoms with Crippen LogP contribution in [0.25, 0.3) is 0 Å². The highest BCUT2D eigenvalue weighted by Crippen LogP contribution is 2.41. The van der Waals surface area contributed by atoms with Gasteiger partial charge in [-0.15, -0.1) is 0 Å². The van der Waals surface area contributed by atoms with Crippen LogP contribution in [0.3, 0.4) is 0 Å². The van der Waals surface area contributed by atoms with Crippen LogP contribution in [0.5, 0.6) is 23.0 Å². The molecule has 148 valence electrons. The van der Waals surface area contributed by atoms with Crippen LogP contribution >= 0.6 is 0 Å². The van der Waals surface area contributed by atoms with Crippen molar-refractivity contribution >= 4 is 12.3 Å². The molecule has 2 unspecified atom stereocenters. The van der Waals surface area contributed by atoms with Gasteiger partial charge in [-0.2, -0.15) is 0 Å². The molecule has 0 fully saturated rings. The number of aldehydes is 1. The second kappa shape index (κ2) is 8.65. The summed E-state index contributed by atoms with van der Waals surface area (Å²) in [4.78, 5) is 24.9. The molecular weight excluding hydrogens is 364 g/mol. The van der Waals surface area contributed by atoms with Gasteiger partial charge in [0.15, 0.2) is 23.0 Å². The van der Waals surface area contributed by atoms with Crippen molar-refractivity contribution < 1.29 is 33.3 Å². The summed E-state index contributed by atoms with van der Waals surface area (Å²) < 4.78 is 26.6. The molecule has 2 aromatic carbocycles. The van der Waals surface area contributed by atoms with Gasteiger partial charge in [0.2, 0.25) is 6.79 Å². The maximum atomic E-state index is 12.8. The first-order chi connectivity index (χ1) is 13.6. The molecule has 2 atom stereocenters. The number of carbonyl (C=O) groups is 2. The standard InChI is InChI=1S/C21H22O7/c1-4-26-21(23)20(14-6-8-17-19(10-14)28-12-27-17)15(11-22)13-5-7-16(24-2)18(9-13)25-3/h5-11,15,20H,4,12H2,1-3H3. The van der Waals surface area contributed by atoms with Crippen LogP contribution in [0, 0.1) is 0 Å². The van der Waals surface area contributed by atoms with Gasteiger partial charge < -0.3 is 28.5 Å². The molecule has 1 heterocycles. The summed E-state index contributed by atoms with van der Waals surface area (Å²) in [6.45, 7) is 2.05. The van der Waals surface area contributed by atoms with Crippen molar-refractivity contribution in [2.45, 2.75) is 18.8 Å². The molecular formula is C21H22O7. The third kappa shape index (κ3) is 3.74. The summed E-state index contributed by atoms with van der Waals surface area (Å²) in [6, 6.07) is 10.3. The molecule has 2 aromatic rings. The minimum absolute atomic E-state index is 0.121. The van der Waals surface area contributed by atoms with Crippen molar-refractivity contribution in [3.63, 3.8) is 0 Å². The molecule has 0 aliphatic carbocycles. The molecule has 0 bridgehead atoms.